The average Bonchev–Trinajstić information content (AvgIpc) is 2.98. The Morgan fingerprint density at radius 3 is 2.81 bits per heavy atom. The maximum absolute atomic E-state index is 12.8. The first-order valence-electron chi connectivity index (χ1n) is 9.28. The smallest absolute Gasteiger partial charge is 0.231 e. The van der Waals surface area contributed by atoms with Crippen molar-refractivity contribution in [1.29, 1.82) is 0 Å². The number of methoxy groups -OCH3 is 1. The summed E-state index contributed by atoms with van der Waals surface area (Å²) >= 11 is 0. The number of unbranched alkanes of at least 4 members (excludes halogenated alkanes) is 1. The van der Waals surface area contributed by atoms with Gasteiger partial charge in [-0.25, -0.2) is 0 Å². The molecule has 1 aliphatic rings. The molecule has 2 N–H and O–H groups in total. The predicted molar refractivity (Wildman–Crippen MR) is 104 cm³/mol. The number of ketones is 1. The van der Waals surface area contributed by atoms with Crippen molar-refractivity contribution in [3.8, 4) is 17.2 Å². The Kier molecular flexibility index (Phi) is 5.81. The standard InChI is InChI=1S/C22H25NO4/c1-4-5-11-23(2)14-18-19(24)10-9-17-21(25)20(27-22(17)18)13-15-7-6-8-16(12-15)26-3/h6-10,12-13,24H,4-5,11,14H2,1-3H3/p+1. The maximum atomic E-state index is 12.8. The summed E-state index contributed by atoms with van der Waals surface area (Å²) in [7, 11) is 3.68. The number of ether oxygens (including phenoxy) is 2. The summed E-state index contributed by atoms with van der Waals surface area (Å²) < 4.78 is 11.1. The Morgan fingerprint density at radius 1 is 1.26 bits per heavy atom. The first-order valence-corrected chi connectivity index (χ1v) is 9.28. The number of phenolic OH excluding ortho intramolecular Hbond substituents is 1. The Hall–Kier alpha value is -2.79. The number of nitrogens with one attached hydrogen (secondary N) is 1. The fraction of sp³-hybridized carbons (Fsp3) is 0.318. The van der Waals surface area contributed by atoms with Crippen molar-refractivity contribution in [1.82, 2.24) is 0 Å². The average molecular weight is 368 g/mol. The van der Waals surface area contributed by atoms with Crippen molar-refractivity contribution >= 4 is 11.9 Å². The normalized spacial score (nSPS) is 15.5. The van der Waals surface area contributed by atoms with Gasteiger partial charge in [0.05, 0.1) is 31.8 Å². The molecule has 0 fully saturated rings. The van der Waals surface area contributed by atoms with Gasteiger partial charge in [0, 0.05) is 0 Å². The van der Waals surface area contributed by atoms with Crippen molar-refractivity contribution in [2.24, 2.45) is 0 Å². The number of phenols is 1. The van der Waals surface area contributed by atoms with E-state index in [1.54, 1.807) is 25.3 Å². The molecule has 2 aromatic rings. The molecular formula is C22H26NO4+. The third-order valence-corrected chi connectivity index (χ3v) is 4.74. The van der Waals surface area contributed by atoms with E-state index in [0.717, 1.165) is 24.9 Å². The van der Waals surface area contributed by atoms with Gasteiger partial charge in [0.15, 0.2) is 11.5 Å². The number of aromatic hydroxyl groups is 1. The quantitative estimate of drug-likeness (QED) is 0.738. The molecule has 142 valence electrons. The van der Waals surface area contributed by atoms with E-state index in [2.05, 4.69) is 14.0 Å². The molecular weight excluding hydrogens is 342 g/mol. The third-order valence-electron chi connectivity index (χ3n) is 4.74. The first kappa shape index (κ1) is 19.0. The molecule has 0 spiro atoms. The van der Waals surface area contributed by atoms with Crippen LogP contribution in [0.1, 0.15) is 41.3 Å². The van der Waals surface area contributed by atoms with Crippen molar-refractivity contribution in [2.45, 2.75) is 26.3 Å². The number of rotatable bonds is 7. The molecule has 3 rings (SSSR count). The van der Waals surface area contributed by atoms with Crippen LogP contribution in [0.15, 0.2) is 42.2 Å². The molecule has 0 saturated heterocycles. The fourth-order valence-electron chi connectivity index (χ4n) is 3.22. The summed E-state index contributed by atoms with van der Waals surface area (Å²) in [4.78, 5) is 14.0. The second-order valence-electron chi connectivity index (χ2n) is 6.89. The number of Topliss-reactive ketones (excluding diaryl/α,β-unsaturated/α-hetero) is 1. The van der Waals surface area contributed by atoms with Crippen LogP contribution in [0.5, 0.6) is 17.2 Å². The number of fused-ring (bicyclic) bond motifs is 1. The van der Waals surface area contributed by atoms with Gasteiger partial charge >= 0.3 is 0 Å². The molecule has 27 heavy (non-hydrogen) atoms. The number of carbonyl (C=O) groups is 1. The van der Waals surface area contributed by atoms with Gasteiger partial charge in [-0.15, -0.1) is 0 Å². The Morgan fingerprint density at radius 2 is 2.07 bits per heavy atom. The van der Waals surface area contributed by atoms with Crippen molar-refractivity contribution in [3.63, 3.8) is 0 Å². The number of quaternary nitrogens is 1. The predicted octanol–water partition coefficient (Wildman–Crippen LogP) is 2.83. The van der Waals surface area contributed by atoms with Crippen LogP contribution in [0.4, 0.5) is 0 Å². The molecule has 1 aliphatic heterocycles. The SMILES string of the molecule is CCCC[NH+](C)Cc1c(O)ccc2c1OC(=Cc1cccc(OC)c1)C2=O. The largest absolute Gasteiger partial charge is 0.507 e. The minimum Gasteiger partial charge on any atom is -0.507 e. The van der Waals surface area contributed by atoms with Gasteiger partial charge in [-0.3, -0.25) is 4.79 Å². The molecule has 5 nitrogen and oxygen atoms in total. The molecule has 1 atom stereocenters. The monoisotopic (exact) mass is 368 g/mol. The molecule has 2 aromatic carbocycles. The molecule has 0 aliphatic carbocycles. The minimum atomic E-state index is -0.166. The van der Waals surface area contributed by atoms with Crippen LogP contribution < -0.4 is 14.4 Å². The van der Waals surface area contributed by atoms with Crippen molar-refractivity contribution < 1.29 is 24.3 Å². The zero-order valence-corrected chi connectivity index (χ0v) is 16.0. The van der Waals surface area contributed by atoms with E-state index in [9.17, 15) is 9.90 Å². The second kappa shape index (κ2) is 8.27. The lowest BCUT2D eigenvalue weighted by molar-refractivity contribution is -0.894. The van der Waals surface area contributed by atoms with Crippen molar-refractivity contribution in [2.75, 3.05) is 20.7 Å². The van der Waals surface area contributed by atoms with E-state index in [-0.39, 0.29) is 17.3 Å². The van der Waals surface area contributed by atoms with Gasteiger partial charge in [-0.05, 0) is 42.3 Å². The van der Waals surface area contributed by atoms with Crippen LogP contribution in [0.3, 0.4) is 0 Å². The molecule has 0 aromatic heterocycles. The summed E-state index contributed by atoms with van der Waals surface area (Å²) in [5.74, 6) is 1.45. The number of carbonyl (C=O) groups excluding carboxylic acids is 1. The molecule has 0 radical (unpaired) electrons. The highest BCUT2D eigenvalue weighted by molar-refractivity contribution is 6.15. The van der Waals surface area contributed by atoms with E-state index < -0.39 is 0 Å². The zero-order chi connectivity index (χ0) is 19.4. The fourth-order valence-corrected chi connectivity index (χ4v) is 3.22. The van der Waals surface area contributed by atoms with Crippen LogP contribution in [-0.2, 0) is 6.54 Å². The number of hydrogen-bond donors (Lipinski definition) is 2. The van der Waals surface area contributed by atoms with Crippen molar-refractivity contribution in [3.05, 3.63) is 58.8 Å². The number of hydrogen-bond acceptors (Lipinski definition) is 4. The highest BCUT2D eigenvalue weighted by atomic mass is 16.5. The summed E-state index contributed by atoms with van der Waals surface area (Å²) in [6, 6.07) is 10.6. The highest BCUT2D eigenvalue weighted by Crippen LogP contribution is 2.39. The van der Waals surface area contributed by atoms with Crippen LogP contribution in [0.2, 0.25) is 0 Å². The molecule has 1 unspecified atom stereocenters. The number of benzene rings is 2. The lowest BCUT2D eigenvalue weighted by Gasteiger charge is -2.16. The van der Waals surface area contributed by atoms with Crippen LogP contribution in [0.25, 0.3) is 6.08 Å². The van der Waals surface area contributed by atoms with Gasteiger partial charge in [0.1, 0.15) is 18.0 Å². The van der Waals surface area contributed by atoms with E-state index >= 15 is 0 Å². The van der Waals surface area contributed by atoms with Gasteiger partial charge in [-0.2, -0.15) is 0 Å². The minimum absolute atomic E-state index is 0.166. The summed E-state index contributed by atoms with van der Waals surface area (Å²) in [6.07, 6.45) is 3.94. The highest BCUT2D eigenvalue weighted by Gasteiger charge is 2.32. The molecule has 1 heterocycles. The van der Waals surface area contributed by atoms with E-state index in [0.29, 0.717) is 29.2 Å². The number of allylic oxidation sites excluding steroid dienone is 1. The van der Waals surface area contributed by atoms with Gasteiger partial charge in [0.25, 0.3) is 0 Å². The van der Waals surface area contributed by atoms with Crippen LogP contribution in [0, 0.1) is 0 Å². The Bertz CT molecular complexity index is 873. The van der Waals surface area contributed by atoms with E-state index in [1.165, 1.54) is 4.90 Å². The lowest BCUT2D eigenvalue weighted by Crippen LogP contribution is -3.07. The van der Waals surface area contributed by atoms with E-state index in [1.807, 2.05) is 24.3 Å². The topological polar surface area (TPSA) is 60.2 Å². The Balaban J connectivity index is 1.90. The molecule has 5 heteroatoms. The summed E-state index contributed by atoms with van der Waals surface area (Å²) in [6.45, 7) is 3.76. The molecule has 0 amide bonds. The summed E-state index contributed by atoms with van der Waals surface area (Å²) in [5, 5.41) is 10.3. The van der Waals surface area contributed by atoms with E-state index in [4.69, 9.17) is 9.47 Å². The third kappa shape index (κ3) is 4.14. The molecule has 0 saturated carbocycles. The van der Waals surface area contributed by atoms with Gasteiger partial charge in [0.2, 0.25) is 5.78 Å². The van der Waals surface area contributed by atoms with Gasteiger partial charge < -0.3 is 19.5 Å². The Labute approximate surface area is 159 Å². The molecule has 0 bridgehead atoms. The maximum Gasteiger partial charge on any atom is 0.231 e. The second-order valence-corrected chi connectivity index (χ2v) is 6.89. The summed E-state index contributed by atoms with van der Waals surface area (Å²) in [5.41, 5.74) is 2.01. The van der Waals surface area contributed by atoms with Crippen LogP contribution in [-0.4, -0.2) is 31.6 Å². The first-order chi connectivity index (χ1) is 13.0. The van der Waals surface area contributed by atoms with Crippen LogP contribution >= 0.6 is 0 Å². The zero-order valence-electron chi connectivity index (χ0n) is 16.0. The van der Waals surface area contributed by atoms with Gasteiger partial charge in [-0.1, -0.05) is 25.5 Å². The lowest BCUT2D eigenvalue weighted by atomic mass is 10.0.